The van der Waals surface area contributed by atoms with Crippen LogP contribution in [-0.2, 0) is 9.53 Å². The van der Waals surface area contributed by atoms with Crippen LogP contribution in [0, 0.1) is 11.3 Å². The van der Waals surface area contributed by atoms with Gasteiger partial charge in [-0.05, 0) is 49.4 Å². The van der Waals surface area contributed by atoms with E-state index in [1.165, 1.54) is 6.08 Å². The molecule has 1 aromatic heterocycles. The van der Waals surface area contributed by atoms with Crippen molar-refractivity contribution >= 4 is 23.6 Å². The highest BCUT2D eigenvalue weighted by Crippen LogP contribution is 2.26. The van der Waals surface area contributed by atoms with E-state index in [2.05, 4.69) is 5.32 Å². The molecule has 7 nitrogen and oxygen atoms in total. The van der Waals surface area contributed by atoms with Crippen molar-refractivity contribution in [3.05, 3.63) is 108 Å². The molecule has 4 rings (SSSR count). The SMILES string of the molecule is CCOC(=O)c1ccc(NC(=O)/C(C#N)=C/c2cn(-c3ccccc3)nc2-c2ccccc2)cc1. The number of carbonyl (C=O) groups excluding carboxylic acids is 2. The van der Waals surface area contributed by atoms with Gasteiger partial charge in [-0.25, -0.2) is 9.48 Å². The Morgan fingerprint density at radius 3 is 2.29 bits per heavy atom. The van der Waals surface area contributed by atoms with Crippen LogP contribution in [0.5, 0.6) is 0 Å². The number of carbonyl (C=O) groups is 2. The minimum absolute atomic E-state index is 0.0794. The first kappa shape index (κ1) is 23.2. The number of para-hydroxylation sites is 1. The summed E-state index contributed by atoms with van der Waals surface area (Å²) in [6, 6.07) is 27.4. The molecule has 35 heavy (non-hydrogen) atoms. The molecule has 3 aromatic carbocycles. The molecule has 0 unspecified atom stereocenters. The number of nitriles is 1. The number of hydrogen-bond donors (Lipinski definition) is 1. The largest absolute Gasteiger partial charge is 0.462 e. The summed E-state index contributed by atoms with van der Waals surface area (Å²) in [7, 11) is 0. The normalized spacial score (nSPS) is 10.9. The number of aromatic nitrogens is 2. The van der Waals surface area contributed by atoms with Gasteiger partial charge in [-0.3, -0.25) is 4.79 Å². The summed E-state index contributed by atoms with van der Waals surface area (Å²) in [6.07, 6.45) is 3.31. The molecular weight excluding hydrogens is 440 g/mol. The standard InChI is InChI=1S/C28H22N4O3/c1-2-35-28(34)21-13-15-24(16-14-21)30-27(33)22(18-29)17-23-19-32(25-11-7-4-8-12-25)31-26(23)20-9-5-3-6-10-20/h3-17,19H,2H2,1H3,(H,30,33)/b22-17+. The highest BCUT2D eigenvalue weighted by atomic mass is 16.5. The monoisotopic (exact) mass is 462 g/mol. The van der Waals surface area contributed by atoms with Crippen LogP contribution in [0.3, 0.4) is 0 Å². The second-order valence-corrected chi connectivity index (χ2v) is 7.50. The fraction of sp³-hybridized carbons (Fsp3) is 0.0714. The van der Waals surface area contributed by atoms with Crippen molar-refractivity contribution in [1.82, 2.24) is 9.78 Å². The zero-order chi connectivity index (χ0) is 24.6. The van der Waals surface area contributed by atoms with Crippen molar-refractivity contribution in [2.45, 2.75) is 6.92 Å². The zero-order valence-electron chi connectivity index (χ0n) is 19.0. The van der Waals surface area contributed by atoms with E-state index < -0.39 is 11.9 Å². The molecule has 172 valence electrons. The summed E-state index contributed by atoms with van der Waals surface area (Å²) in [5.74, 6) is -1.00. The maximum atomic E-state index is 12.9. The van der Waals surface area contributed by atoms with E-state index >= 15 is 0 Å². The van der Waals surface area contributed by atoms with Gasteiger partial charge in [0.05, 0.1) is 23.6 Å². The fourth-order valence-electron chi connectivity index (χ4n) is 3.43. The smallest absolute Gasteiger partial charge is 0.338 e. The molecular formula is C28H22N4O3. The molecule has 7 heteroatoms. The van der Waals surface area contributed by atoms with Crippen molar-refractivity contribution in [3.63, 3.8) is 0 Å². The zero-order valence-corrected chi connectivity index (χ0v) is 19.0. The minimum Gasteiger partial charge on any atom is -0.462 e. The number of nitrogens with zero attached hydrogens (tertiary/aromatic N) is 3. The average molecular weight is 463 g/mol. The van der Waals surface area contributed by atoms with Gasteiger partial charge in [-0.15, -0.1) is 0 Å². The Morgan fingerprint density at radius 1 is 1.00 bits per heavy atom. The lowest BCUT2D eigenvalue weighted by molar-refractivity contribution is -0.112. The Hall–Kier alpha value is -4.96. The number of rotatable bonds is 7. The van der Waals surface area contributed by atoms with Gasteiger partial charge in [-0.2, -0.15) is 10.4 Å². The average Bonchev–Trinajstić information content (AvgIpc) is 3.32. The van der Waals surface area contributed by atoms with Gasteiger partial charge in [0.2, 0.25) is 0 Å². The first-order chi connectivity index (χ1) is 17.1. The van der Waals surface area contributed by atoms with Crippen LogP contribution in [0.2, 0.25) is 0 Å². The predicted molar refractivity (Wildman–Crippen MR) is 134 cm³/mol. The Morgan fingerprint density at radius 2 is 1.66 bits per heavy atom. The van der Waals surface area contributed by atoms with Crippen molar-refractivity contribution < 1.29 is 14.3 Å². The molecule has 4 aromatic rings. The first-order valence-corrected chi connectivity index (χ1v) is 11.0. The summed E-state index contributed by atoms with van der Waals surface area (Å²) >= 11 is 0. The van der Waals surface area contributed by atoms with E-state index in [9.17, 15) is 14.9 Å². The van der Waals surface area contributed by atoms with Gasteiger partial charge in [0.1, 0.15) is 11.6 Å². The van der Waals surface area contributed by atoms with E-state index in [0.717, 1.165) is 11.3 Å². The number of nitrogens with one attached hydrogen (secondary N) is 1. The Labute approximate surface area is 202 Å². The molecule has 0 atom stereocenters. The van der Waals surface area contributed by atoms with Crippen LogP contribution in [0.15, 0.2) is 96.7 Å². The highest BCUT2D eigenvalue weighted by Gasteiger charge is 2.16. The maximum absolute atomic E-state index is 12.9. The van der Waals surface area contributed by atoms with Crippen LogP contribution < -0.4 is 5.32 Å². The van der Waals surface area contributed by atoms with Gasteiger partial charge in [-0.1, -0.05) is 48.5 Å². The number of benzene rings is 3. The third kappa shape index (κ3) is 5.52. The molecule has 1 heterocycles. The quantitative estimate of drug-likeness (QED) is 0.229. The third-order valence-corrected chi connectivity index (χ3v) is 5.13. The summed E-state index contributed by atoms with van der Waals surface area (Å²) in [4.78, 5) is 24.7. The summed E-state index contributed by atoms with van der Waals surface area (Å²) < 4.78 is 6.68. The third-order valence-electron chi connectivity index (χ3n) is 5.13. The molecule has 0 bridgehead atoms. The lowest BCUT2D eigenvalue weighted by Gasteiger charge is -2.06. The van der Waals surface area contributed by atoms with Gasteiger partial charge < -0.3 is 10.1 Å². The molecule has 0 radical (unpaired) electrons. The summed E-state index contributed by atoms with van der Waals surface area (Å²) in [6.45, 7) is 2.01. The molecule has 0 saturated carbocycles. The number of ether oxygens (including phenoxy) is 1. The molecule has 1 amide bonds. The van der Waals surface area contributed by atoms with Crippen LogP contribution >= 0.6 is 0 Å². The van der Waals surface area contributed by atoms with Gasteiger partial charge in [0.25, 0.3) is 5.91 Å². The molecule has 0 spiro atoms. The van der Waals surface area contributed by atoms with Crippen LogP contribution in [0.1, 0.15) is 22.8 Å². The topological polar surface area (TPSA) is 97.0 Å². The highest BCUT2D eigenvalue weighted by molar-refractivity contribution is 6.10. The van der Waals surface area contributed by atoms with Crippen LogP contribution in [-0.4, -0.2) is 28.3 Å². The number of hydrogen-bond acceptors (Lipinski definition) is 5. The van der Waals surface area contributed by atoms with Crippen molar-refractivity contribution in [3.8, 4) is 23.0 Å². The van der Waals surface area contributed by atoms with E-state index in [1.54, 1.807) is 42.1 Å². The van der Waals surface area contributed by atoms with E-state index in [1.807, 2.05) is 66.7 Å². The van der Waals surface area contributed by atoms with Crippen LogP contribution in [0.4, 0.5) is 5.69 Å². The second-order valence-electron chi connectivity index (χ2n) is 7.50. The second kappa shape index (κ2) is 10.8. The first-order valence-electron chi connectivity index (χ1n) is 11.0. The lowest BCUT2D eigenvalue weighted by atomic mass is 10.1. The van der Waals surface area contributed by atoms with Gasteiger partial charge in [0.15, 0.2) is 0 Å². The summed E-state index contributed by atoms with van der Waals surface area (Å²) in [5, 5.41) is 17.1. The number of amides is 1. The molecule has 0 fully saturated rings. The minimum atomic E-state index is -0.567. The Bertz CT molecular complexity index is 1400. The fourth-order valence-corrected chi connectivity index (χ4v) is 3.43. The van der Waals surface area contributed by atoms with E-state index in [0.29, 0.717) is 22.5 Å². The van der Waals surface area contributed by atoms with Crippen molar-refractivity contribution in [1.29, 1.82) is 5.26 Å². The van der Waals surface area contributed by atoms with Crippen LogP contribution in [0.25, 0.3) is 23.0 Å². The maximum Gasteiger partial charge on any atom is 0.338 e. The summed E-state index contributed by atoms with van der Waals surface area (Å²) in [5.41, 5.74) is 3.74. The van der Waals surface area contributed by atoms with E-state index in [-0.39, 0.29) is 12.2 Å². The Kier molecular flexibility index (Phi) is 7.14. The molecule has 0 aliphatic carbocycles. The molecule has 1 N–H and O–H groups in total. The Balaban J connectivity index is 1.64. The lowest BCUT2D eigenvalue weighted by Crippen LogP contribution is -2.13. The molecule has 0 saturated heterocycles. The number of anilines is 1. The number of esters is 1. The van der Waals surface area contributed by atoms with Gasteiger partial charge in [0, 0.05) is 23.0 Å². The predicted octanol–water partition coefficient (Wildman–Crippen LogP) is 5.26. The van der Waals surface area contributed by atoms with Crippen molar-refractivity contribution in [2.24, 2.45) is 0 Å². The molecule has 0 aliphatic heterocycles. The molecule has 0 aliphatic rings. The van der Waals surface area contributed by atoms with Crippen molar-refractivity contribution in [2.75, 3.05) is 11.9 Å². The van der Waals surface area contributed by atoms with Gasteiger partial charge >= 0.3 is 5.97 Å². The van der Waals surface area contributed by atoms with E-state index in [4.69, 9.17) is 9.84 Å².